The van der Waals surface area contributed by atoms with Crippen LogP contribution in [0, 0.1) is 12.7 Å². The third-order valence-electron chi connectivity index (χ3n) is 6.25. The van der Waals surface area contributed by atoms with Gasteiger partial charge < -0.3 is 19.7 Å². The maximum Gasteiger partial charge on any atom is 0.414 e. The Morgan fingerprint density at radius 3 is 2.94 bits per heavy atom. The van der Waals surface area contributed by atoms with Crippen LogP contribution in [0.3, 0.4) is 0 Å². The number of cyclic esters (lactones) is 1. The van der Waals surface area contributed by atoms with Gasteiger partial charge in [-0.15, -0.1) is 0 Å². The summed E-state index contributed by atoms with van der Waals surface area (Å²) in [7, 11) is 1.60. The number of anilines is 2. The molecule has 5 rings (SSSR count). The Morgan fingerprint density at radius 1 is 1.24 bits per heavy atom. The number of nitrogens with zero attached hydrogens (tertiary/aromatic N) is 4. The number of benzene rings is 1. The number of halogens is 1. The summed E-state index contributed by atoms with van der Waals surface area (Å²) in [6.45, 7) is 4.32. The van der Waals surface area contributed by atoms with Gasteiger partial charge >= 0.3 is 6.09 Å². The van der Waals surface area contributed by atoms with Crippen molar-refractivity contribution in [1.29, 1.82) is 0 Å². The topological polar surface area (TPSA) is 79.8 Å². The van der Waals surface area contributed by atoms with E-state index in [4.69, 9.17) is 9.47 Å². The Labute approximate surface area is 191 Å². The van der Waals surface area contributed by atoms with Crippen molar-refractivity contribution < 1.29 is 18.7 Å². The summed E-state index contributed by atoms with van der Waals surface area (Å²) < 4.78 is 24.7. The minimum atomic E-state index is -0.443. The van der Waals surface area contributed by atoms with Crippen molar-refractivity contribution in [2.75, 3.05) is 43.1 Å². The molecule has 172 valence electrons. The van der Waals surface area contributed by atoms with E-state index in [-0.39, 0.29) is 18.0 Å². The quantitative estimate of drug-likeness (QED) is 0.616. The van der Waals surface area contributed by atoms with Gasteiger partial charge in [-0.2, -0.15) is 0 Å². The number of aryl methyl sites for hydroxylation is 1. The number of methoxy groups -OCH3 is 1. The van der Waals surface area contributed by atoms with Gasteiger partial charge in [-0.05, 0) is 43.2 Å². The molecule has 2 atom stereocenters. The van der Waals surface area contributed by atoms with Crippen LogP contribution in [0.1, 0.15) is 12.0 Å². The molecule has 2 aliphatic rings. The number of rotatable bonds is 6. The number of nitrogens with one attached hydrogen (secondary N) is 1. The predicted molar refractivity (Wildman–Crippen MR) is 123 cm³/mol. The molecule has 0 bridgehead atoms. The molecule has 1 aromatic carbocycles. The average Bonchev–Trinajstić information content (AvgIpc) is 3.45. The number of hydrogen-bond donors (Lipinski definition) is 1. The van der Waals surface area contributed by atoms with Crippen molar-refractivity contribution in [2.45, 2.75) is 25.5 Å². The minimum Gasteiger partial charge on any atom is -0.481 e. The Balaban J connectivity index is 1.20. The third-order valence-corrected chi connectivity index (χ3v) is 6.25. The lowest BCUT2D eigenvalue weighted by molar-refractivity contribution is 0.138. The summed E-state index contributed by atoms with van der Waals surface area (Å²) in [5.74, 6) is 0.232. The van der Waals surface area contributed by atoms with E-state index in [1.165, 1.54) is 11.0 Å². The number of carbonyl (C=O) groups is 1. The molecule has 2 aromatic heterocycles. The van der Waals surface area contributed by atoms with Gasteiger partial charge in [0.05, 0.1) is 30.5 Å². The molecule has 0 saturated carbocycles. The molecular weight excluding hydrogens is 425 g/mol. The fraction of sp³-hybridized carbons (Fsp3) is 0.375. The SMILES string of the molecule is COc1ccc2nccc(N3CC[C@@H](NC[C@@H]4CN(c5ccc(C)c(F)c5)C(=O)O4)C3)c2n1. The van der Waals surface area contributed by atoms with E-state index >= 15 is 0 Å². The van der Waals surface area contributed by atoms with Crippen molar-refractivity contribution in [3.8, 4) is 5.88 Å². The van der Waals surface area contributed by atoms with Crippen molar-refractivity contribution in [3.05, 3.63) is 54.0 Å². The van der Waals surface area contributed by atoms with E-state index < -0.39 is 6.09 Å². The highest BCUT2D eigenvalue weighted by molar-refractivity contribution is 5.90. The van der Waals surface area contributed by atoms with Crippen LogP contribution in [-0.2, 0) is 4.74 Å². The first-order chi connectivity index (χ1) is 16.0. The van der Waals surface area contributed by atoms with Gasteiger partial charge in [-0.1, -0.05) is 6.07 Å². The van der Waals surface area contributed by atoms with Crippen LogP contribution in [0.15, 0.2) is 42.6 Å². The normalized spacial score (nSPS) is 20.5. The van der Waals surface area contributed by atoms with Crippen molar-refractivity contribution >= 4 is 28.5 Å². The predicted octanol–water partition coefficient (Wildman–Crippen LogP) is 3.28. The molecule has 4 heterocycles. The highest BCUT2D eigenvalue weighted by atomic mass is 19.1. The first-order valence-electron chi connectivity index (χ1n) is 11.0. The molecule has 2 fully saturated rings. The average molecular weight is 452 g/mol. The molecule has 9 heteroatoms. The zero-order chi connectivity index (χ0) is 22.9. The standard InChI is InChI=1S/C24H26FN5O3/c1-15-3-4-17(11-19(15)25)30-14-18(33-24(30)31)12-27-16-8-10-29(13-16)21-7-9-26-20-5-6-22(32-2)28-23(20)21/h3-7,9,11,16,18,27H,8,10,12-14H2,1-2H3/t16-,18-/m1/s1. The van der Waals surface area contributed by atoms with E-state index in [1.807, 2.05) is 18.2 Å². The summed E-state index contributed by atoms with van der Waals surface area (Å²) in [5, 5.41) is 3.53. The van der Waals surface area contributed by atoms with Gasteiger partial charge in [0.15, 0.2) is 0 Å². The highest BCUT2D eigenvalue weighted by Crippen LogP contribution is 2.29. The fourth-order valence-electron chi connectivity index (χ4n) is 4.39. The Bertz CT molecular complexity index is 1190. The van der Waals surface area contributed by atoms with E-state index in [1.54, 1.807) is 32.4 Å². The van der Waals surface area contributed by atoms with Crippen LogP contribution in [-0.4, -0.2) is 61.5 Å². The van der Waals surface area contributed by atoms with Gasteiger partial charge in [0.1, 0.15) is 17.4 Å². The lowest BCUT2D eigenvalue weighted by Gasteiger charge is -2.21. The number of hydrogen-bond acceptors (Lipinski definition) is 7. The van der Waals surface area contributed by atoms with Crippen molar-refractivity contribution in [3.63, 3.8) is 0 Å². The number of aromatic nitrogens is 2. The summed E-state index contributed by atoms with van der Waals surface area (Å²) in [4.78, 5) is 25.1. The van der Waals surface area contributed by atoms with Crippen LogP contribution >= 0.6 is 0 Å². The summed E-state index contributed by atoms with van der Waals surface area (Å²) in [5.41, 5.74) is 3.75. The Kier molecular flexibility index (Phi) is 5.72. The van der Waals surface area contributed by atoms with E-state index in [0.29, 0.717) is 30.2 Å². The second kappa shape index (κ2) is 8.82. The van der Waals surface area contributed by atoms with Gasteiger partial charge in [0, 0.05) is 37.9 Å². The largest absolute Gasteiger partial charge is 0.481 e. The molecule has 2 aliphatic heterocycles. The van der Waals surface area contributed by atoms with E-state index in [0.717, 1.165) is 36.2 Å². The second-order valence-corrected chi connectivity index (χ2v) is 8.44. The minimum absolute atomic E-state index is 0.253. The van der Waals surface area contributed by atoms with Crippen LogP contribution < -0.4 is 19.9 Å². The lowest BCUT2D eigenvalue weighted by atomic mass is 10.2. The molecule has 8 nitrogen and oxygen atoms in total. The maximum absolute atomic E-state index is 13.9. The molecule has 33 heavy (non-hydrogen) atoms. The molecular formula is C24H26FN5O3. The Hall–Kier alpha value is -3.46. The molecule has 0 unspecified atom stereocenters. The molecule has 3 aromatic rings. The second-order valence-electron chi connectivity index (χ2n) is 8.44. The number of pyridine rings is 2. The summed E-state index contributed by atoms with van der Waals surface area (Å²) in [6.07, 6.45) is 2.03. The number of ether oxygens (including phenoxy) is 2. The fourth-order valence-corrected chi connectivity index (χ4v) is 4.39. The zero-order valence-corrected chi connectivity index (χ0v) is 18.6. The zero-order valence-electron chi connectivity index (χ0n) is 18.6. The Morgan fingerprint density at radius 2 is 2.12 bits per heavy atom. The van der Waals surface area contributed by atoms with Crippen molar-refractivity contribution in [2.24, 2.45) is 0 Å². The van der Waals surface area contributed by atoms with Gasteiger partial charge in [0.25, 0.3) is 0 Å². The van der Waals surface area contributed by atoms with E-state index in [2.05, 4.69) is 20.2 Å². The lowest BCUT2D eigenvalue weighted by Crippen LogP contribution is -2.39. The smallest absolute Gasteiger partial charge is 0.414 e. The van der Waals surface area contributed by atoms with Crippen LogP contribution in [0.2, 0.25) is 0 Å². The molecule has 0 aliphatic carbocycles. The summed E-state index contributed by atoms with van der Waals surface area (Å²) in [6, 6.07) is 10.7. The molecule has 0 radical (unpaired) electrons. The third kappa shape index (κ3) is 4.28. The highest BCUT2D eigenvalue weighted by Gasteiger charge is 2.33. The number of carbonyl (C=O) groups excluding carboxylic acids is 1. The first kappa shape index (κ1) is 21.4. The van der Waals surface area contributed by atoms with Gasteiger partial charge in [-0.25, -0.2) is 14.2 Å². The van der Waals surface area contributed by atoms with Crippen LogP contribution in [0.4, 0.5) is 20.6 Å². The molecule has 0 spiro atoms. The molecule has 1 amide bonds. The molecule has 2 saturated heterocycles. The molecule has 1 N–H and O–H groups in total. The van der Waals surface area contributed by atoms with E-state index in [9.17, 15) is 9.18 Å². The monoisotopic (exact) mass is 451 g/mol. The van der Waals surface area contributed by atoms with Gasteiger partial charge in [0.2, 0.25) is 5.88 Å². The van der Waals surface area contributed by atoms with Crippen LogP contribution in [0.5, 0.6) is 5.88 Å². The van der Waals surface area contributed by atoms with Gasteiger partial charge in [-0.3, -0.25) is 9.88 Å². The van der Waals surface area contributed by atoms with Crippen LogP contribution in [0.25, 0.3) is 11.0 Å². The van der Waals surface area contributed by atoms with Crippen molar-refractivity contribution in [1.82, 2.24) is 15.3 Å². The summed E-state index contributed by atoms with van der Waals surface area (Å²) >= 11 is 0. The maximum atomic E-state index is 13.9. The number of fused-ring (bicyclic) bond motifs is 1. The number of amides is 1. The first-order valence-corrected chi connectivity index (χ1v) is 11.0.